The molecule has 1 N–H and O–H groups in total. The van der Waals surface area contributed by atoms with Gasteiger partial charge in [0.05, 0.1) is 5.84 Å². The van der Waals surface area contributed by atoms with Crippen LogP contribution in [-0.2, 0) is 0 Å². The monoisotopic (exact) mass is 170 g/mol. The second-order valence-corrected chi connectivity index (χ2v) is 3.58. The molecule has 0 radical (unpaired) electrons. The molecule has 2 nitrogen and oxygen atoms in total. The van der Waals surface area contributed by atoms with E-state index in [9.17, 15) is 0 Å². The Bertz CT molecular complexity index is 130. The van der Waals surface area contributed by atoms with Crippen molar-refractivity contribution in [2.24, 2.45) is 0 Å². The Morgan fingerprint density at radius 1 is 1.33 bits per heavy atom. The van der Waals surface area contributed by atoms with E-state index in [1.54, 1.807) is 0 Å². The lowest BCUT2D eigenvalue weighted by Gasteiger charge is -2.27. The van der Waals surface area contributed by atoms with E-state index in [1.807, 2.05) is 6.92 Å². The molecule has 0 saturated heterocycles. The topological polar surface area (TPSA) is 27.1 Å². The molecule has 0 aromatic carbocycles. The van der Waals surface area contributed by atoms with Crippen molar-refractivity contribution >= 4 is 5.84 Å². The lowest BCUT2D eigenvalue weighted by atomic mass is 10.2. The van der Waals surface area contributed by atoms with Crippen LogP contribution in [0.5, 0.6) is 0 Å². The van der Waals surface area contributed by atoms with Crippen molar-refractivity contribution in [2.75, 3.05) is 6.54 Å². The van der Waals surface area contributed by atoms with Crippen LogP contribution in [0.2, 0.25) is 0 Å². The molecule has 0 rings (SSSR count). The maximum atomic E-state index is 7.54. The molecule has 12 heavy (non-hydrogen) atoms. The summed E-state index contributed by atoms with van der Waals surface area (Å²) in [5, 5.41) is 7.54. The summed E-state index contributed by atoms with van der Waals surface area (Å²) in [6, 6.07) is 0.472. The average Bonchev–Trinajstić information content (AvgIpc) is 1.96. The summed E-state index contributed by atoms with van der Waals surface area (Å²) in [6.07, 6.45) is 3.74. The molecular weight excluding hydrogens is 148 g/mol. The molecule has 0 fully saturated rings. The van der Waals surface area contributed by atoms with E-state index >= 15 is 0 Å². The Kier molecular flexibility index (Phi) is 5.77. The zero-order valence-corrected chi connectivity index (χ0v) is 8.85. The number of hydrogen-bond donors (Lipinski definition) is 1. The van der Waals surface area contributed by atoms with Gasteiger partial charge in [0.15, 0.2) is 0 Å². The first-order valence-electron chi connectivity index (χ1n) is 4.91. The number of unbranched alkanes of at least 4 members (excludes halogenated alkanes) is 2. The van der Waals surface area contributed by atoms with Gasteiger partial charge in [-0.3, -0.25) is 5.41 Å². The summed E-state index contributed by atoms with van der Waals surface area (Å²) in [5.74, 6) is 0.695. The first-order chi connectivity index (χ1) is 5.59. The molecule has 0 heterocycles. The number of nitrogens with zero attached hydrogens (tertiary/aromatic N) is 1. The van der Waals surface area contributed by atoms with Crippen LogP contribution in [0.4, 0.5) is 0 Å². The molecule has 0 aliphatic rings. The average molecular weight is 170 g/mol. The van der Waals surface area contributed by atoms with Gasteiger partial charge in [0.1, 0.15) is 0 Å². The minimum Gasteiger partial charge on any atom is -0.358 e. The summed E-state index contributed by atoms with van der Waals surface area (Å²) >= 11 is 0. The standard InChI is InChI=1S/C10H22N2/c1-5-6-7-8-12(9(2)3)10(4)11/h9,11H,5-8H2,1-4H3. The van der Waals surface area contributed by atoms with Gasteiger partial charge in [-0.15, -0.1) is 0 Å². The molecule has 0 bridgehead atoms. The van der Waals surface area contributed by atoms with Gasteiger partial charge in [-0.2, -0.15) is 0 Å². The number of nitrogens with one attached hydrogen (secondary N) is 1. The molecule has 0 unspecified atom stereocenters. The molecule has 0 aromatic heterocycles. The molecule has 0 aliphatic carbocycles. The highest BCUT2D eigenvalue weighted by molar-refractivity contribution is 5.76. The van der Waals surface area contributed by atoms with Crippen molar-refractivity contribution in [3.05, 3.63) is 0 Å². The fourth-order valence-corrected chi connectivity index (χ4v) is 1.35. The van der Waals surface area contributed by atoms with Gasteiger partial charge >= 0.3 is 0 Å². The molecule has 0 spiro atoms. The van der Waals surface area contributed by atoms with Gasteiger partial charge in [-0.1, -0.05) is 19.8 Å². The maximum Gasteiger partial charge on any atom is 0.0928 e. The zero-order valence-electron chi connectivity index (χ0n) is 8.85. The SMILES string of the molecule is CCCCCN(C(C)=N)C(C)C. The van der Waals surface area contributed by atoms with Gasteiger partial charge in [-0.25, -0.2) is 0 Å². The first-order valence-corrected chi connectivity index (χ1v) is 4.91. The van der Waals surface area contributed by atoms with Gasteiger partial charge in [-0.05, 0) is 27.2 Å². The summed E-state index contributed by atoms with van der Waals surface area (Å²) in [7, 11) is 0. The lowest BCUT2D eigenvalue weighted by Crippen LogP contribution is -2.35. The third-order valence-corrected chi connectivity index (χ3v) is 2.06. The molecule has 72 valence electrons. The van der Waals surface area contributed by atoms with E-state index in [0.29, 0.717) is 11.9 Å². The molecule has 0 atom stereocenters. The van der Waals surface area contributed by atoms with E-state index < -0.39 is 0 Å². The summed E-state index contributed by atoms with van der Waals surface area (Å²) in [5.41, 5.74) is 0. The quantitative estimate of drug-likeness (QED) is 0.383. The van der Waals surface area contributed by atoms with Gasteiger partial charge in [0, 0.05) is 12.6 Å². The molecule has 2 heteroatoms. The van der Waals surface area contributed by atoms with E-state index in [0.717, 1.165) is 6.54 Å². The highest BCUT2D eigenvalue weighted by Gasteiger charge is 2.07. The van der Waals surface area contributed by atoms with Crippen LogP contribution >= 0.6 is 0 Å². The largest absolute Gasteiger partial charge is 0.358 e. The van der Waals surface area contributed by atoms with Gasteiger partial charge in [0.2, 0.25) is 0 Å². The van der Waals surface area contributed by atoms with Crippen LogP contribution in [0.15, 0.2) is 0 Å². The predicted molar refractivity (Wildman–Crippen MR) is 54.8 cm³/mol. The number of amidine groups is 1. The number of rotatable bonds is 5. The third-order valence-electron chi connectivity index (χ3n) is 2.06. The highest BCUT2D eigenvalue weighted by atomic mass is 15.2. The zero-order chi connectivity index (χ0) is 9.56. The Labute approximate surface area is 76.5 Å². The smallest absolute Gasteiger partial charge is 0.0928 e. The van der Waals surface area contributed by atoms with E-state index in [1.165, 1.54) is 19.3 Å². The summed E-state index contributed by atoms with van der Waals surface area (Å²) in [4.78, 5) is 2.15. The number of hydrogen-bond acceptors (Lipinski definition) is 1. The van der Waals surface area contributed by atoms with E-state index in [2.05, 4.69) is 25.7 Å². The fraction of sp³-hybridized carbons (Fsp3) is 0.900. The molecule has 0 saturated carbocycles. The Balaban J connectivity index is 3.72. The third kappa shape index (κ3) is 4.37. The Morgan fingerprint density at radius 3 is 2.25 bits per heavy atom. The van der Waals surface area contributed by atoms with E-state index in [4.69, 9.17) is 5.41 Å². The normalized spacial score (nSPS) is 10.4. The van der Waals surface area contributed by atoms with Gasteiger partial charge in [0.25, 0.3) is 0 Å². The van der Waals surface area contributed by atoms with Crippen molar-refractivity contribution in [3.8, 4) is 0 Å². The second kappa shape index (κ2) is 6.04. The van der Waals surface area contributed by atoms with Crippen molar-refractivity contribution in [1.29, 1.82) is 5.41 Å². The summed E-state index contributed by atoms with van der Waals surface area (Å²) in [6.45, 7) is 9.40. The van der Waals surface area contributed by atoms with Crippen molar-refractivity contribution in [1.82, 2.24) is 4.90 Å². The highest BCUT2D eigenvalue weighted by Crippen LogP contribution is 2.03. The van der Waals surface area contributed by atoms with E-state index in [-0.39, 0.29) is 0 Å². The van der Waals surface area contributed by atoms with Crippen LogP contribution in [0, 0.1) is 5.41 Å². The van der Waals surface area contributed by atoms with Crippen molar-refractivity contribution in [3.63, 3.8) is 0 Å². The van der Waals surface area contributed by atoms with Crippen LogP contribution in [-0.4, -0.2) is 23.3 Å². The fourth-order valence-electron chi connectivity index (χ4n) is 1.35. The minimum atomic E-state index is 0.472. The maximum absolute atomic E-state index is 7.54. The van der Waals surface area contributed by atoms with Crippen LogP contribution < -0.4 is 0 Å². The second-order valence-electron chi connectivity index (χ2n) is 3.58. The first kappa shape index (κ1) is 11.5. The molecule has 0 amide bonds. The van der Waals surface area contributed by atoms with Crippen LogP contribution in [0.1, 0.15) is 47.0 Å². The summed E-state index contributed by atoms with van der Waals surface area (Å²) < 4.78 is 0. The van der Waals surface area contributed by atoms with Crippen LogP contribution in [0.25, 0.3) is 0 Å². The van der Waals surface area contributed by atoms with Crippen LogP contribution in [0.3, 0.4) is 0 Å². The molecule has 0 aromatic rings. The predicted octanol–water partition coefficient (Wildman–Crippen LogP) is 2.88. The lowest BCUT2D eigenvalue weighted by molar-refractivity contribution is 0.336. The Morgan fingerprint density at radius 2 is 1.92 bits per heavy atom. The molecular formula is C10H22N2. The van der Waals surface area contributed by atoms with Gasteiger partial charge < -0.3 is 4.90 Å². The minimum absolute atomic E-state index is 0.472. The van der Waals surface area contributed by atoms with Crippen molar-refractivity contribution in [2.45, 2.75) is 53.0 Å². The molecule has 0 aliphatic heterocycles. The Hall–Kier alpha value is -0.530. The van der Waals surface area contributed by atoms with Crippen molar-refractivity contribution < 1.29 is 0 Å².